The van der Waals surface area contributed by atoms with Gasteiger partial charge in [-0.1, -0.05) is 17.3 Å². The van der Waals surface area contributed by atoms with Crippen molar-refractivity contribution in [3.05, 3.63) is 53.0 Å². The van der Waals surface area contributed by atoms with Gasteiger partial charge in [0.05, 0.1) is 17.9 Å². The van der Waals surface area contributed by atoms with Gasteiger partial charge in [-0.15, -0.1) is 0 Å². The number of rotatable bonds is 4. The van der Waals surface area contributed by atoms with Crippen molar-refractivity contribution in [1.29, 1.82) is 0 Å². The minimum atomic E-state index is -0.0523. The molecule has 6 nitrogen and oxygen atoms in total. The van der Waals surface area contributed by atoms with Gasteiger partial charge in [-0.3, -0.25) is 9.80 Å². The van der Waals surface area contributed by atoms with Gasteiger partial charge in [0.25, 0.3) is 0 Å². The van der Waals surface area contributed by atoms with Crippen LogP contribution in [-0.4, -0.2) is 58.3 Å². The van der Waals surface area contributed by atoms with E-state index >= 15 is 0 Å². The highest BCUT2D eigenvalue weighted by Crippen LogP contribution is 2.32. The molecular formula is C22H28N4O2. The molecule has 0 radical (unpaired) electrons. The van der Waals surface area contributed by atoms with E-state index in [4.69, 9.17) is 9.26 Å². The van der Waals surface area contributed by atoms with Crippen LogP contribution in [0, 0.1) is 13.8 Å². The van der Waals surface area contributed by atoms with Crippen LogP contribution in [0.4, 0.5) is 0 Å². The summed E-state index contributed by atoms with van der Waals surface area (Å²) in [5, 5.41) is 5.43. The Balaban J connectivity index is 1.27. The van der Waals surface area contributed by atoms with E-state index in [9.17, 15) is 0 Å². The molecule has 6 heteroatoms. The standard InChI is InChI=1S/C22H28N4O2/c1-16-20(17(2)28-24-16)13-25-9-7-22(14-25)15-26(10-11-27-22)12-18-4-3-5-21-19(18)6-8-23-21/h3-6,8,23H,7,9-15H2,1-2H3. The van der Waals surface area contributed by atoms with Gasteiger partial charge in [0.2, 0.25) is 0 Å². The minimum Gasteiger partial charge on any atom is -0.371 e. The first-order valence-corrected chi connectivity index (χ1v) is 10.2. The molecule has 0 aliphatic carbocycles. The number of nitrogens with one attached hydrogen (secondary N) is 1. The van der Waals surface area contributed by atoms with E-state index in [0.717, 1.165) is 63.8 Å². The molecule has 1 aromatic carbocycles. The number of morpholine rings is 1. The molecule has 2 aliphatic rings. The minimum absolute atomic E-state index is 0.0523. The number of H-pyrrole nitrogens is 1. The van der Waals surface area contributed by atoms with Gasteiger partial charge >= 0.3 is 0 Å². The van der Waals surface area contributed by atoms with Crippen LogP contribution in [0.1, 0.15) is 29.0 Å². The summed E-state index contributed by atoms with van der Waals surface area (Å²) in [4.78, 5) is 8.37. The molecular weight excluding hydrogens is 352 g/mol. The summed E-state index contributed by atoms with van der Waals surface area (Å²) in [6.07, 6.45) is 3.11. The van der Waals surface area contributed by atoms with Crippen LogP contribution in [-0.2, 0) is 17.8 Å². The maximum absolute atomic E-state index is 6.35. The molecule has 2 fully saturated rings. The van der Waals surface area contributed by atoms with Crippen LogP contribution in [0.5, 0.6) is 0 Å². The van der Waals surface area contributed by atoms with Crippen molar-refractivity contribution in [2.24, 2.45) is 0 Å². The van der Waals surface area contributed by atoms with Crippen molar-refractivity contribution in [1.82, 2.24) is 19.9 Å². The van der Waals surface area contributed by atoms with E-state index < -0.39 is 0 Å². The van der Waals surface area contributed by atoms with Crippen LogP contribution < -0.4 is 0 Å². The zero-order valence-electron chi connectivity index (χ0n) is 16.7. The van der Waals surface area contributed by atoms with Crippen molar-refractivity contribution in [2.45, 2.75) is 39.0 Å². The van der Waals surface area contributed by atoms with E-state index in [0.29, 0.717) is 0 Å². The van der Waals surface area contributed by atoms with E-state index in [2.05, 4.69) is 44.2 Å². The fourth-order valence-electron chi connectivity index (χ4n) is 4.85. The van der Waals surface area contributed by atoms with Gasteiger partial charge in [-0.2, -0.15) is 0 Å². The number of ether oxygens (including phenoxy) is 1. The Bertz CT molecular complexity index is 958. The Morgan fingerprint density at radius 1 is 1.11 bits per heavy atom. The average Bonchev–Trinajstić information content (AvgIpc) is 3.39. The highest BCUT2D eigenvalue weighted by atomic mass is 16.5. The Morgan fingerprint density at radius 2 is 1.96 bits per heavy atom. The topological polar surface area (TPSA) is 57.5 Å². The fraction of sp³-hybridized carbons (Fsp3) is 0.500. The number of hydrogen-bond donors (Lipinski definition) is 1. The first kappa shape index (κ1) is 17.9. The molecule has 148 valence electrons. The largest absolute Gasteiger partial charge is 0.371 e. The molecule has 4 heterocycles. The maximum atomic E-state index is 6.35. The number of aromatic nitrogens is 2. The van der Waals surface area contributed by atoms with Crippen LogP contribution in [0.3, 0.4) is 0 Å². The molecule has 1 unspecified atom stereocenters. The second kappa shape index (κ2) is 7.03. The Labute approximate surface area is 165 Å². The van der Waals surface area contributed by atoms with Crippen LogP contribution in [0.15, 0.2) is 35.0 Å². The Morgan fingerprint density at radius 3 is 2.79 bits per heavy atom. The van der Waals surface area contributed by atoms with Gasteiger partial charge in [-0.05, 0) is 38.0 Å². The van der Waals surface area contributed by atoms with Gasteiger partial charge < -0.3 is 14.2 Å². The van der Waals surface area contributed by atoms with Gasteiger partial charge in [0.1, 0.15) is 5.76 Å². The van der Waals surface area contributed by atoms with Crippen LogP contribution in [0.25, 0.3) is 10.9 Å². The quantitative estimate of drug-likeness (QED) is 0.753. The Kier molecular flexibility index (Phi) is 4.50. The number of aromatic amines is 1. The molecule has 1 N–H and O–H groups in total. The molecule has 3 aromatic rings. The van der Waals surface area contributed by atoms with Crippen molar-refractivity contribution >= 4 is 10.9 Å². The molecule has 0 amide bonds. The summed E-state index contributed by atoms with van der Waals surface area (Å²) in [5.41, 5.74) is 4.78. The number of benzene rings is 1. The molecule has 0 saturated carbocycles. The van der Waals surface area contributed by atoms with E-state index in [1.54, 1.807) is 0 Å². The monoisotopic (exact) mass is 380 g/mol. The molecule has 0 bridgehead atoms. The molecule has 2 aliphatic heterocycles. The molecule has 2 aromatic heterocycles. The third-order valence-electron chi connectivity index (χ3n) is 6.37. The summed E-state index contributed by atoms with van der Waals surface area (Å²) in [5.74, 6) is 0.934. The predicted octanol–water partition coefficient (Wildman–Crippen LogP) is 3.25. The lowest BCUT2D eigenvalue weighted by Crippen LogP contribution is -2.52. The second-order valence-corrected chi connectivity index (χ2v) is 8.36. The highest BCUT2D eigenvalue weighted by Gasteiger charge is 2.43. The maximum Gasteiger partial charge on any atom is 0.138 e. The predicted molar refractivity (Wildman–Crippen MR) is 108 cm³/mol. The molecule has 1 spiro atoms. The zero-order valence-corrected chi connectivity index (χ0v) is 16.7. The third-order valence-corrected chi connectivity index (χ3v) is 6.37. The number of hydrogen-bond acceptors (Lipinski definition) is 5. The number of nitrogens with zero attached hydrogens (tertiary/aromatic N) is 3. The third kappa shape index (κ3) is 3.26. The van der Waals surface area contributed by atoms with Gasteiger partial charge in [0.15, 0.2) is 0 Å². The lowest BCUT2D eigenvalue weighted by molar-refractivity contribution is -0.103. The van der Waals surface area contributed by atoms with E-state index in [1.165, 1.54) is 22.0 Å². The molecule has 1 atom stereocenters. The van der Waals surface area contributed by atoms with E-state index in [1.807, 2.05) is 20.0 Å². The summed E-state index contributed by atoms with van der Waals surface area (Å²) in [7, 11) is 0. The lowest BCUT2D eigenvalue weighted by atomic mass is 9.99. The van der Waals surface area contributed by atoms with Crippen molar-refractivity contribution in [3.8, 4) is 0 Å². The second-order valence-electron chi connectivity index (χ2n) is 8.36. The Hall–Kier alpha value is -2.15. The first-order chi connectivity index (χ1) is 13.6. The van der Waals surface area contributed by atoms with Crippen LogP contribution >= 0.6 is 0 Å². The van der Waals surface area contributed by atoms with Crippen molar-refractivity contribution in [3.63, 3.8) is 0 Å². The van der Waals surface area contributed by atoms with Crippen LogP contribution in [0.2, 0.25) is 0 Å². The number of aryl methyl sites for hydroxylation is 2. The summed E-state index contributed by atoms with van der Waals surface area (Å²) < 4.78 is 11.7. The van der Waals surface area contributed by atoms with Crippen molar-refractivity contribution < 1.29 is 9.26 Å². The van der Waals surface area contributed by atoms with Gasteiger partial charge in [-0.25, -0.2) is 0 Å². The molecule has 5 rings (SSSR count). The molecule has 2 saturated heterocycles. The van der Waals surface area contributed by atoms with Gasteiger partial charge in [0, 0.05) is 61.9 Å². The lowest BCUT2D eigenvalue weighted by Gasteiger charge is -2.40. The summed E-state index contributed by atoms with van der Waals surface area (Å²) in [6.45, 7) is 10.7. The number of fused-ring (bicyclic) bond motifs is 1. The van der Waals surface area contributed by atoms with E-state index in [-0.39, 0.29) is 5.60 Å². The number of likely N-dealkylation sites (tertiary alicyclic amines) is 1. The summed E-state index contributed by atoms with van der Waals surface area (Å²) in [6, 6.07) is 8.72. The van der Waals surface area contributed by atoms with Crippen molar-refractivity contribution in [2.75, 3.05) is 32.8 Å². The zero-order chi connectivity index (χ0) is 19.1. The average molecular weight is 380 g/mol. The fourth-order valence-corrected chi connectivity index (χ4v) is 4.85. The first-order valence-electron chi connectivity index (χ1n) is 10.2. The summed E-state index contributed by atoms with van der Waals surface area (Å²) >= 11 is 0. The normalized spacial score (nSPS) is 23.9. The smallest absolute Gasteiger partial charge is 0.138 e. The molecule has 28 heavy (non-hydrogen) atoms. The highest BCUT2D eigenvalue weighted by molar-refractivity contribution is 5.82. The SMILES string of the molecule is Cc1noc(C)c1CN1CCC2(C1)CN(Cc1cccc3[nH]ccc13)CCO2.